The Bertz CT molecular complexity index is 816. The predicted molar refractivity (Wildman–Crippen MR) is 108 cm³/mol. The van der Waals surface area contributed by atoms with E-state index in [-0.39, 0.29) is 24.4 Å². The topological polar surface area (TPSA) is 53.8 Å². The summed E-state index contributed by atoms with van der Waals surface area (Å²) < 4.78 is 5.69. The summed E-state index contributed by atoms with van der Waals surface area (Å²) in [5, 5.41) is 0. The lowest BCUT2D eigenvalue weighted by Gasteiger charge is -2.31. The number of rotatable bonds is 7. The van der Waals surface area contributed by atoms with Crippen LogP contribution in [-0.2, 0) is 22.7 Å². The Labute approximate surface area is 167 Å². The second kappa shape index (κ2) is 8.21. The molecular weight excluding hydrogens is 352 g/mol. The standard InChI is InChI=1S/C23H30N2O3/c1-17-10-13-20(28-17)15-24(14-18-8-6-5-7-9-18)21(26)16-25(19-11-12-19)22(27)23(2,3)4/h5-10,13,19H,11-12,14-16H2,1-4H3. The molecule has 1 heterocycles. The summed E-state index contributed by atoms with van der Waals surface area (Å²) in [4.78, 5) is 29.6. The fourth-order valence-electron chi connectivity index (χ4n) is 3.22. The van der Waals surface area contributed by atoms with E-state index < -0.39 is 5.41 Å². The van der Waals surface area contributed by atoms with E-state index in [1.54, 1.807) is 9.80 Å². The average Bonchev–Trinajstić information content (AvgIpc) is 3.40. The molecule has 5 heteroatoms. The number of hydrogen-bond acceptors (Lipinski definition) is 3. The van der Waals surface area contributed by atoms with Gasteiger partial charge in [0.1, 0.15) is 18.1 Å². The molecular formula is C23H30N2O3. The minimum absolute atomic E-state index is 0.0388. The quantitative estimate of drug-likeness (QED) is 0.723. The van der Waals surface area contributed by atoms with Crippen molar-refractivity contribution in [1.29, 1.82) is 0 Å². The molecule has 1 aliphatic carbocycles. The third-order valence-corrected chi connectivity index (χ3v) is 4.91. The molecule has 0 N–H and O–H groups in total. The van der Waals surface area contributed by atoms with Crippen molar-refractivity contribution >= 4 is 11.8 Å². The van der Waals surface area contributed by atoms with Gasteiger partial charge in [-0.3, -0.25) is 9.59 Å². The molecule has 1 aromatic carbocycles. The van der Waals surface area contributed by atoms with Crippen molar-refractivity contribution in [2.75, 3.05) is 6.54 Å². The minimum atomic E-state index is -0.495. The summed E-state index contributed by atoms with van der Waals surface area (Å²) in [6.45, 7) is 8.61. The monoisotopic (exact) mass is 382 g/mol. The lowest BCUT2D eigenvalue weighted by atomic mass is 9.94. The number of carbonyl (C=O) groups excluding carboxylic acids is 2. The molecule has 28 heavy (non-hydrogen) atoms. The van der Waals surface area contributed by atoms with Crippen molar-refractivity contribution < 1.29 is 14.0 Å². The fraction of sp³-hybridized carbons (Fsp3) is 0.478. The summed E-state index contributed by atoms with van der Waals surface area (Å²) in [5.74, 6) is 1.56. The van der Waals surface area contributed by atoms with E-state index in [1.165, 1.54) is 0 Å². The van der Waals surface area contributed by atoms with Crippen molar-refractivity contribution in [3.05, 3.63) is 59.5 Å². The highest BCUT2D eigenvalue weighted by molar-refractivity contribution is 5.87. The van der Waals surface area contributed by atoms with Gasteiger partial charge in [0.25, 0.3) is 0 Å². The van der Waals surface area contributed by atoms with Crippen LogP contribution in [0.4, 0.5) is 0 Å². The maximum Gasteiger partial charge on any atom is 0.242 e. The van der Waals surface area contributed by atoms with Gasteiger partial charge in [0, 0.05) is 18.0 Å². The highest BCUT2D eigenvalue weighted by Gasteiger charge is 2.39. The van der Waals surface area contributed by atoms with E-state index in [9.17, 15) is 9.59 Å². The SMILES string of the molecule is Cc1ccc(CN(Cc2ccccc2)C(=O)CN(C(=O)C(C)(C)C)C2CC2)o1. The zero-order valence-electron chi connectivity index (χ0n) is 17.3. The van der Waals surface area contributed by atoms with E-state index in [0.29, 0.717) is 13.1 Å². The minimum Gasteiger partial charge on any atom is -0.464 e. The Morgan fingerprint density at radius 3 is 2.25 bits per heavy atom. The number of aryl methyl sites for hydroxylation is 1. The molecule has 1 aliphatic rings. The molecule has 0 spiro atoms. The number of amides is 2. The van der Waals surface area contributed by atoms with Crippen LogP contribution in [-0.4, -0.2) is 34.2 Å². The zero-order chi connectivity index (χ0) is 20.3. The Hall–Kier alpha value is -2.56. The molecule has 0 unspecified atom stereocenters. The summed E-state index contributed by atoms with van der Waals surface area (Å²) >= 11 is 0. The van der Waals surface area contributed by atoms with E-state index >= 15 is 0 Å². The molecule has 0 saturated heterocycles. The molecule has 5 nitrogen and oxygen atoms in total. The van der Waals surface area contributed by atoms with Gasteiger partial charge < -0.3 is 14.2 Å². The summed E-state index contributed by atoms with van der Waals surface area (Å²) in [6, 6.07) is 13.9. The second-order valence-corrected chi connectivity index (χ2v) is 8.66. The highest BCUT2D eigenvalue weighted by atomic mass is 16.3. The van der Waals surface area contributed by atoms with Gasteiger partial charge in [0.15, 0.2) is 0 Å². The normalized spacial score (nSPS) is 14.0. The summed E-state index contributed by atoms with van der Waals surface area (Å²) in [7, 11) is 0. The number of hydrogen-bond donors (Lipinski definition) is 0. The third kappa shape index (κ3) is 5.24. The van der Waals surface area contributed by atoms with Crippen molar-refractivity contribution in [1.82, 2.24) is 9.80 Å². The van der Waals surface area contributed by atoms with Crippen LogP contribution < -0.4 is 0 Å². The summed E-state index contributed by atoms with van der Waals surface area (Å²) in [5.41, 5.74) is 0.560. The van der Waals surface area contributed by atoms with Gasteiger partial charge >= 0.3 is 0 Å². The zero-order valence-corrected chi connectivity index (χ0v) is 17.3. The Morgan fingerprint density at radius 1 is 1.04 bits per heavy atom. The van der Waals surface area contributed by atoms with Crippen LogP contribution in [0.15, 0.2) is 46.9 Å². The highest BCUT2D eigenvalue weighted by Crippen LogP contribution is 2.31. The Balaban J connectivity index is 1.77. The average molecular weight is 383 g/mol. The fourth-order valence-corrected chi connectivity index (χ4v) is 3.22. The lowest BCUT2D eigenvalue weighted by molar-refractivity contribution is -0.146. The van der Waals surface area contributed by atoms with Crippen molar-refractivity contribution in [2.24, 2.45) is 5.41 Å². The molecule has 2 amide bonds. The molecule has 1 saturated carbocycles. The molecule has 0 bridgehead atoms. The maximum absolute atomic E-state index is 13.2. The largest absolute Gasteiger partial charge is 0.464 e. The first-order valence-corrected chi connectivity index (χ1v) is 9.92. The molecule has 1 aromatic heterocycles. The van der Waals surface area contributed by atoms with Gasteiger partial charge in [-0.15, -0.1) is 0 Å². The van der Waals surface area contributed by atoms with E-state index in [1.807, 2.05) is 70.2 Å². The van der Waals surface area contributed by atoms with Gasteiger partial charge in [-0.1, -0.05) is 51.1 Å². The van der Waals surface area contributed by atoms with Crippen molar-refractivity contribution in [3.63, 3.8) is 0 Å². The summed E-state index contributed by atoms with van der Waals surface area (Å²) in [6.07, 6.45) is 1.95. The molecule has 3 rings (SSSR count). The molecule has 0 aliphatic heterocycles. The van der Waals surface area contributed by atoms with Crippen molar-refractivity contribution in [2.45, 2.75) is 59.7 Å². The van der Waals surface area contributed by atoms with Crippen LogP contribution in [0.2, 0.25) is 0 Å². The van der Waals surface area contributed by atoms with Crippen LogP contribution in [0.25, 0.3) is 0 Å². The third-order valence-electron chi connectivity index (χ3n) is 4.91. The smallest absolute Gasteiger partial charge is 0.242 e. The van der Waals surface area contributed by atoms with Gasteiger partial charge in [-0.25, -0.2) is 0 Å². The van der Waals surface area contributed by atoms with Crippen molar-refractivity contribution in [3.8, 4) is 0 Å². The molecule has 2 aromatic rings. The first kappa shape index (κ1) is 20.2. The van der Waals surface area contributed by atoms with E-state index in [2.05, 4.69) is 0 Å². The Kier molecular flexibility index (Phi) is 5.92. The van der Waals surface area contributed by atoms with Gasteiger partial charge in [0.2, 0.25) is 11.8 Å². The number of carbonyl (C=O) groups is 2. The lowest BCUT2D eigenvalue weighted by Crippen LogP contribution is -2.47. The van der Waals surface area contributed by atoms with Crippen LogP contribution >= 0.6 is 0 Å². The van der Waals surface area contributed by atoms with E-state index in [0.717, 1.165) is 29.9 Å². The van der Waals surface area contributed by atoms with Crippen LogP contribution in [0, 0.1) is 12.3 Å². The molecule has 1 fully saturated rings. The molecule has 150 valence electrons. The van der Waals surface area contributed by atoms with Crippen LogP contribution in [0.1, 0.15) is 50.7 Å². The van der Waals surface area contributed by atoms with Gasteiger partial charge in [0.05, 0.1) is 6.54 Å². The number of nitrogens with zero attached hydrogens (tertiary/aromatic N) is 2. The second-order valence-electron chi connectivity index (χ2n) is 8.66. The van der Waals surface area contributed by atoms with E-state index in [4.69, 9.17) is 4.42 Å². The van der Waals surface area contributed by atoms with Gasteiger partial charge in [-0.05, 0) is 37.5 Å². The number of furan rings is 1. The van der Waals surface area contributed by atoms with Gasteiger partial charge in [-0.2, -0.15) is 0 Å². The molecule has 0 radical (unpaired) electrons. The number of benzene rings is 1. The first-order valence-electron chi connectivity index (χ1n) is 9.92. The predicted octanol–water partition coefficient (Wildman–Crippen LogP) is 4.15. The van der Waals surface area contributed by atoms with Crippen LogP contribution in [0.3, 0.4) is 0 Å². The van der Waals surface area contributed by atoms with Crippen LogP contribution in [0.5, 0.6) is 0 Å². The maximum atomic E-state index is 13.2. The first-order chi connectivity index (χ1) is 13.2. The Morgan fingerprint density at radius 2 is 1.71 bits per heavy atom. The molecule has 0 atom stereocenters.